The average Bonchev–Trinajstić information content (AvgIpc) is 2.08. The number of aliphatic hydroxyl groups is 1. The molecule has 0 radical (unpaired) electrons. The van der Waals surface area contributed by atoms with Crippen molar-refractivity contribution in [1.29, 1.82) is 0 Å². The number of phenols is 2. The van der Waals surface area contributed by atoms with Gasteiger partial charge in [0, 0.05) is 6.04 Å². The summed E-state index contributed by atoms with van der Waals surface area (Å²) in [4.78, 5) is 0. The number of phenolic OH excluding ortho intramolecular Hbond substituents is 2. The van der Waals surface area contributed by atoms with E-state index in [0.717, 1.165) is 0 Å². The van der Waals surface area contributed by atoms with E-state index < -0.39 is 12.1 Å². The van der Waals surface area contributed by atoms with Crippen LogP contribution in [-0.4, -0.2) is 21.4 Å². The molecular formula is C9H13NO3. The maximum absolute atomic E-state index is 9.50. The highest BCUT2D eigenvalue weighted by atomic mass is 16.3. The molecule has 0 heterocycles. The van der Waals surface area contributed by atoms with E-state index in [0.29, 0.717) is 5.56 Å². The lowest BCUT2D eigenvalue weighted by molar-refractivity contribution is 0.153. The first-order valence-corrected chi connectivity index (χ1v) is 3.98. The van der Waals surface area contributed by atoms with Crippen LogP contribution in [0.3, 0.4) is 0 Å². The fraction of sp³-hybridized carbons (Fsp3) is 0.333. The van der Waals surface area contributed by atoms with Crippen LogP contribution in [0.2, 0.25) is 0 Å². The highest BCUT2D eigenvalue weighted by Crippen LogP contribution is 2.28. The van der Waals surface area contributed by atoms with Gasteiger partial charge in [-0.05, 0) is 24.6 Å². The molecule has 0 aliphatic heterocycles. The molecule has 0 saturated carbocycles. The monoisotopic (exact) mass is 183 g/mol. The van der Waals surface area contributed by atoms with Gasteiger partial charge in [-0.15, -0.1) is 0 Å². The summed E-state index contributed by atoms with van der Waals surface area (Å²) in [6.07, 6.45) is -0.827. The summed E-state index contributed by atoms with van der Waals surface area (Å²) in [7, 11) is 0. The maximum Gasteiger partial charge on any atom is 0.157 e. The quantitative estimate of drug-likeness (QED) is 0.502. The van der Waals surface area contributed by atoms with Crippen LogP contribution >= 0.6 is 0 Å². The number of nitrogens with two attached hydrogens (primary N) is 1. The first-order valence-electron chi connectivity index (χ1n) is 3.98. The lowest BCUT2D eigenvalue weighted by Gasteiger charge is -2.14. The zero-order chi connectivity index (χ0) is 10.0. The van der Waals surface area contributed by atoms with Crippen LogP contribution in [0.1, 0.15) is 18.6 Å². The van der Waals surface area contributed by atoms with Gasteiger partial charge in [0.25, 0.3) is 0 Å². The molecule has 0 aliphatic rings. The highest BCUT2D eigenvalue weighted by molar-refractivity contribution is 5.41. The minimum Gasteiger partial charge on any atom is -0.504 e. The van der Waals surface area contributed by atoms with Gasteiger partial charge in [0.15, 0.2) is 11.5 Å². The van der Waals surface area contributed by atoms with Crippen molar-refractivity contribution < 1.29 is 15.3 Å². The van der Waals surface area contributed by atoms with Crippen molar-refractivity contribution in [2.45, 2.75) is 19.1 Å². The number of hydrogen-bond acceptors (Lipinski definition) is 4. The Morgan fingerprint density at radius 2 is 1.85 bits per heavy atom. The molecule has 1 rings (SSSR count). The Labute approximate surface area is 76.2 Å². The van der Waals surface area contributed by atoms with Crippen LogP contribution in [0.25, 0.3) is 0 Å². The van der Waals surface area contributed by atoms with Crippen LogP contribution in [0.5, 0.6) is 11.5 Å². The first-order chi connectivity index (χ1) is 6.02. The number of hydrogen-bond donors (Lipinski definition) is 4. The second-order valence-electron chi connectivity index (χ2n) is 3.05. The molecule has 0 fully saturated rings. The molecule has 1 aromatic rings. The fourth-order valence-corrected chi connectivity index (χ4v) is 1.03. The predicted octanol–water partition coefficient (Wildman–Crippen LogP) is 0.478. The van der Waals surface area contributed by atoms with Gasteiger partial charge in [-0.25, -0.2) is 0 Å². The van der Waals surface area contributed by atoms with Crippen LogP contribution in [0, 0.1) is 0 Å². The van der Waals surface area contributed by atoms with Gasteiger partial charge in [0.2, 0.25) is 0 Å². The third kappa shape index (κ3) is 2.11. The molecule has 13 heavy (non-hydrogen) atoms. The molecule has 5 N–H and O–H groups in total. The Hall–Kier alpha value is -1.26. The van der Waals surface area contributed by atoms with Crippen LogP contribution in [0.4, 0.5) is 0 Å². The van der Waals surface area contributed by atoms with E-state index in [-0.39, 0.29) is 11.5 Å². The molecule has 4 nitrogen and oxygen atoms in total. The maximum atomic E-state index is 9.50. The average molecular weight is 183 g/mol. The summed E-state index contributed by atoms with van der Waals surface area (Å²) in [6.45, 7) is 1.66. The summed E-state index contributed by atoms with van der Waals surface area (Å²) in [5, 5.41) is 27.6. The summed E-state index contributed by atoms with van der Waals surface area (Å²) in [5.41, 5.74) is 5.95. The van der Waals surface area contributed by atoms with Crippen LogP contribution < -0.4 is 5.73 Å². The van der Waals surface area contributed by atoms with E-state index in [4.69, 9.17) is 15.9 Å². The lowest BCUT2D eigenvalue weighted by Crippen LogP contribution is -2.24. The molecule has 0 bridgehead atoms. The van der Waals surface area contributed by atoms with Gasteiger partial charge in [-0.3, -0.25) is 0 Å². The van der Waals surface area contributed by atoms with Gasteiger partial charge in [0.1, 0.15) is 0 Å². The Morgan fingerprint density at radius 3 is 2.31 bits per heavy atom. The van der Waals surface area contributed by atoms with Crippen molar-refractivity contribution in [3.05, 3.63) is 23.8 Å². The minimum absolute atomic E-state index is 0.208. The zero-order valence-corrected chi connectivity index (χ0v) is 7.31. The second kappa shape index (κ2) is 3.64. The third-order valence-electron chi connectivity index (χ3n) is 1.84. The molecule has 1 aromatic carbocycles. The summed E-state index contributed by atoms with van der Waals surface area (Å²) >= 11 is 0. The molecule has 0 spiro atoms. The van der Waals surface area contributed by atoms with E-state index >= 15 is 0 Å². The fourth-order valence-electron chi connectivity index (χ4n) is 1.03. The van der Waals surface area contributed by atoms with Crippen LogP contribution in [-0.2, 0) is 0 Å². The summed E-state index contributed by atoms with van der Waals surface area (Å²) in [6, 6.07) is 3.71. The molecule has 0 aliphatic carbocycles. The SMILES string of the molecule is C[C@@H](N)C(O)c1ccc(O)c(O)c1. The molecular weight excluding hydrogens is 170 g/mol. The standard InChI is InChI=1S/C9H13NO3/c1-5(10)9(13)6-2-3-7(11)8(12)4-6/h2-5,9,11-13H,10H2,1H3/t5-,9?/m1/s1. The number of benzene rings is 1. The van der Waals surface area contributed by atoms with E-state index in [2.05, 4.69) is 0 Å². The molecule has 0 aromatic heterocycles. The van der Waals surface area contributed by atoms with Crippen molar-refractivity contribution in [3.8, 4) is 11.5 Å². The molecule has 4 heteroatoms. The number of aromatic hydroxyl groups is 2. The van der Waals surface area contributed by atoms with E-state index in [1.54, 1.807) is 6.92 Å². The Kier molecular flexibility index (Phi) is 2.75. The number of aliphatic hydroxyl groups excluding tert-OH is 1. The Balaban J connectivity index is 2.97. The van der Waals surface area contributed by atoms with Gasteiger partial charge in [0.05, 0.1) is 6.10 Å². The second-order valence-corrected chi connectivity index (χ2v) is 3.05. The lowest BCUT2D eigenvalue weighted by atomic mass is 10.0. The Bertz CT molecular complexity index is 299. The van der Waals surface area contributed by atoms with Gasteiger partial charge in [-0.2, -0.15) is 0 Å². The van der Waals surface area contributed by atoms with Crippen molar-refractivity contribution in [1.82, 2.24) is 0 Å². The minimum atomic E-state index is -0.827. The Morgan fingerprint density at radius 1 is 1.23 bits per heavy atom. The zero-order valence-electron chi connectivity index (χ0n) is 7.31. The molecule has 0 amide bonds. The topological polar surface area (TPSA) is 86.7 Å². The van der Waals surface area contributed by atoms with Gasteiger partial charge >= 0.3 is 0 Å². The van der Waals surface area contributed by atoms with E-state index in [1.807, 2.05) is 0 Å². The molecule has 72 valence electrons. The first kappa shape index (κ1) is 9.83. The van der Waals surface area contributed by atoms with Crippen molar-refractivity contribution in [3.63, 3.8) is 0 Å². The highest BCUT2D eigenvalue weighted by Gasteiger charge is 2.13. The summed E-state index contributed by atoms with van der Waals surface area (Å²) in [5.74, 6) is -0.460. The smallest absolute Gasteiger partial charge is 0.157 e. The molecule has 2 atom stereocenters. The van der Waals surface area contributed by atoms with Gasteiger partial charge in [-0.1, -0.05) is 6.07 Å². The third-order valence-corrected chi connectivity index (χ3v) is 1.84. The normalized spacial score (nSPS) is 15.3. The predicted molar refractivity (Wildman–Crippen MR) is 48.4 cm³/mol. The molecule has 0 saturated heterocycles. The van der Waals surface area contributed by atoms with Crippen molar-refractivity contribution in [2.24, 2.45) is 5.73 Å². The summed E-state index contributed by atoms with van der Waals surface area (Å²) < 4.78 is 0. The largest absolute Gasteiger partial charge is 0.504 e. The molecule has 1 unspecified atom stereocenters. The van der Waals surface area contributed by atoms with Crippen LogP contribution in [0.15, 0.2) is 18.2 Å². The van der Waals surface area contributed by atoms with Gasteiger partial charge < -0.3 is 21.1 Å². The van der Waals surface area contributed by atoms with E-state index in [1.165, 1.54) is 18.2 Å². The van der Waals surface area contributed by atoms with Crippen molar-refractivity contribution in [2.75, 3.05) is 0 Å². The number of rotatable bonds is 2. The van der Waals surface area contributed by atoms with Crippen molar-refractivity contribution >= 4 is 0 Å². The van der Waals surface area contributed by atoms with E-state index in [9.17, 15) is 5.11 Å².